The van der Waals surface area contributed by atoms with Gasteiger partial charge in [0.25, 0.3) is 5.91 Å². The van der Waals surface area contributed by atoms with Crippen molar-refractivity contribution in [1.82, 2.24) is 5.32 Å². The van der Waals surface area contributed by atoms with Gasteiger partial charge in [-0.2, -0.15) is 0 Å². The van der Waals surface area contributed by atoms with Gasteiger partial charge < -0.3 is 10.1 Å². The molecule has 2 aromatic rings. The molecule has 4 saturated carbocycles. The van der Waals surface area contributed by atoms with Crippen LogP contribution in [0.25, 0.3) is 10.1 Å². The molecule has 4 fully saturated rings. The van der Waals surface area contributed by atoms with E-state index in [-0.39, 0.29) is 33.8 Å². The summed E-state index contributed by atoms with van der Waals surface area (Å²) in [4.78, 5) is 25.1. The van der Waals surface area contributed by atoms with Gasteiger partial charge >= 0.3 is 5.97 Å². The summed E-state index contributed by atoms with van der Waals surface area (Å²) in [6.07, 6.45) is 7.05. The molecular formula is C21H21ClFNO3S. The van der Waals surface area contributed by atoms with Gasteiger partial charge in [0.15, 0.2) is 6.61 Å². The zero-order chi connectivity index (χ0) is 19.5. The first-order valence-electron chi connectivity index (χ1n) is 9.76. The number of thiophene rings is 1. The van der Waals surface area contributed by atoms with Crippen LogP contribution in [-0.2, 0) is 9.53 Å². The van der Waals surface area contributed by atoms with E-state index in [2.05, 4.69) is 5.32 Å². The summed E-state index contributed by atoms with van der Waals surface area (Å²) >= 11 is 7.33. The van der Waals surface area contributed by atoms with Crippen LogP contribution in [-0.4, -0.2) is 24.0 Å². The summed E-state index contributed by atoms with van der Waals surface area (Å²) in [6.45, 7) is -0.320. The molecule has 4 aliphatic carbocycles. The smallest absolute Gasteiger partial charge is 0.350 e. The number of ether oxygens (including phenoxy) is 1. The standard InChI is InChI=1S/C21H21ClFNO3S/c22-18-15-2-1-14(23)6-16(15)28-19(18)20(26)27-10-17(25)24-21-7-11-3-12(8-21)5-13(4-11)9-21/h1-2,6,11-13H,3-5,7-10H2,(H,24,25). The summed E-state index contributed by atoms with van der Waals surface area (Å²) < 4.78 is 19.2. The molecule has 0 unspecified atom stereocenters. The predicted octanol–water partition coefficient (Wildman–Crippen LogP) is 4.94. The summed E-state index contributed by atoms with van der Waals surface area (Å²) in [6, 6.07) is 4.18. The third-order valence-electron chi connectivity index (χ3n) is 6.55. The Morgan fingerprint density at radius 3 is 2.46 bits per heavy atom. The molecule has 6 rings (SSSR count). The first-order chi connectivity index (χ1) is 13.4. The van der Waals surface area contributed by atoms with Crippen LogP contribution in [0.1, 0.15) is 48.2 Å². The van der Waals surface area contributed by atoms with Crippen molar-refractivity contribution in [3.63, 3.8) is 0 Å². The molecule has 1 N–H and O–H groups in total. The van der Waals surface area contributed by atoms with E-state index < -0.39 is 5.97 Å². The molecule has 1 heterocycles. The van der Waals surface area contributed by atoms with Gasteiger partial charge in [0, 0.05) is 15.6 Å². The lowest BCUT2D eigenvalue weighted by molar-refractivity contribution is -0.130. The number of amides is 1. The zero-order valence-electron chi connectivity index (χ0n) is 15.3. The van der Waals surface area contributed by atoms with Crippen molar-refractivity contribution < 1.29 is 18.7 Å². The highest BCUT2D eigenvalue weighted by molar-refractivity contribution is 7.21. The minimum atomic E-state index is -0.646. The first-order valence-corrected chi connectivity index (χ1v) is 11.0. The number of halogens is 2. The maximum atomic E-state index is 13.4. The third-order valence-corrected chi connectivity index (χ3v) is 8.19. The van der Waals surface area contributed by atoms with E-state index in [1.165, 1.54) is 31.4 Å². The van der Waals surface area contributed by atoms with Crippen molar-refractivity contribution in [3.8, 4) is 0 Å². The highest BCUT2D eigenvalue weighted by Crippen LogP contribution is 2.55. The average Bonchev–Trinajstić information content (AvgIpc) is 2.94. The molecule has 1 amide bonds. The van der Waals surface area contributed by atoms with E-state index >= 15 is 0 Å². The van der Waals surface area contributed by atoms with Crippen molar-refractivity contribution in [2.75, 3.05) is 6.61 Å². The lowest BCUT2D eigenvalue weighted by Gasteiger charge is -2.56. The van der Waals surface area contributed by atoms with Gasteiger partial charge in [-0.1, -0.05) is 11.6 Å². The van der Waals surface area contributed by atoms with Crippen LogP contribution in [0, 0.1) is 23.6 Å². The molecule has 0 radical (unpaired) electrons. The topological polar surface area (TPSA) is 55.4 Å². The predicted molar refractivity (Wildman–Crippen MR) is 106 cm³/mol. The number of esters is 1. The number of nitrogens with one attached hydrogen (secondary N) is 1. The lowest BCUT2D eigenvalue weighted by Crippen LogP contribution is -2.60. The molecule has 4 aliphatic rings. The number of carbonyl (C=O) groups is 2. The van der Waals surface area contributed by atoms with Gasteiger partial charge in [-0.05, 0) is 74.5 Å². The number of benzene rings is 1. The van der Waals surface area contributed by atoms with Crippen LogP contribution in [0.15, 0.2) is 18.2 Å². The van der Waals surface area contributed by atoms with E-state index in [9.17, 15) is 14.0 Å². The van der Waals surface area contributed by atoms with Crippen LogP contribution < -0.4 is 5.32 Å². The lowest BCUT2D eigenvalue weighted by atomic mass is 9.53. The SMILES string of the molecule is O=C(COC(=O)c1sc2cc(F)ccc2c1Cl)NC12CC3CC(CC(C3)C1)C2. The van der Waals surface area contributed by atoms with Gasteiger partial charge in [0.2, 0.25) is 0 Å². The summed E-state index contributed by atoms with van der Waals surface area (Å²) in [5.41, 5.74) is -0.106. The second-order valence-corrected chi connectivity index (χ2v) is 10.1. The number of carbonyl (C=O) groups excluding carboxylic acids is 2. The quantitative estimate of drug-likeness (QED) is 0.711. The van der Waals surface area contributed by atoms with E-state index in [4.69, 9.17) is 16.3 Å². The Morgan fingerprint density at radius 1 is 1.18 bits per heavy atom. The number of rotatable bonds is 4. The normalized spacial score (nSPS) is 30.6. The highest BCUT2D eigenvalue weighted by atomic mass is 35.5. The van der Waals surface area contributed by atoms with Crippen LogP contribution >= 0.6 is 22.9 Å². The Kier molecular flexibility index (Phi) is 4.40. The second-order valence-electron chi connectivity index (χ2n) is 8.71. The first kappa shape index (κ1) is 18.4. The Hall–Kier alpha value is -1.66. The molecule has 0 aliphatic heterocycles. The minimum Gasteiger partial charge on any atom is -0.451 e. The Balaban J connectivity index is 1.23. The van der Waals surface area contributed by atoms with Crippen LogP contribution in [0.4, 0.5) is 4.39 Å². The fourth-order valence-electron chi connectivity index (χ4n) is 5.96. The van der Waals surface area contributed by atoms with Crippen molar-refractivity contribution in [3.05, 3.63) is 33.9 Å². The van der Waals surface area contributed by atoms with Gasteiger partial charge in [0.05, 0.1) is 5.02 Å². The van der Waals surface area contributed by atoms with Crippen LogP contribution in [0.3, 0.4) is 0 Å². The second kappa shape index (κ2) is 6.70. The summed E-state index contributed by atoms with van der Waals surface area (Å²) in [5.74, 6) is 0.900. The van der Waals surface area contributed by atoms with Crippen molar-refractivity contribution in [2.24, 2.45) is 17.8 Å². The zero-order valence-corrected chi connectivity index (χ0v) is 16.9. The van der Waals surface area contributed by atoms with E-state index in [0.717, 1.165) is 48.4 Å². The number of hydrogen-bond donors (Lipinski definition) is 1. The molecule has 0 spiro atoms. The molecule has 148 valence electrons. The van der Waals surface area contributed by atoms with E-state index in [1.54, 1.807) is 6.07 Å². The largest absolute Gasteiger partial charge is 0.451 e. The number of hydrogen-bond acceptors (Lipinski definition) is 4. The molecule has 28 heavy (non-hydrogen) atoms. The van der Waals surface area contributed by atoms with E-state index in [0.29, 0.717) is 10.1 Å². The molecule has 0 atom stereocenters. The Labute approximate surface area is 171 Å². The third kappa shape index (κ3) is 3.20. The summed E-state index contributed by atoms with van der Waals surface area (Å²) in [5, 5.41) is 4.04. The molecular weight excluding hydrogens is 401 g/mol. The minimum absolute atomic E-state index is 0.106. The Morgan fingerprint density at radius 2 is 1.82 bits per heavy atom. The van der Waals surface area contributed by atoms with Gasteiger partial charge in [0.1, 0.15) is 10.7 Å². The maximum Gasteiger partial charge on any atom is 0.350 e. The monoisotopic (exact) mass is 421 g/mol. The highest BCUT2D eigenvalue weighted by Gasteiger charge is 2.51. The van der Waals surface area contributed by atoms with Gasteiger partial charge in [-0.3, -0.25) is 4.79 Å². The molecule has 0 saturated heterocycles. The fraction of sp³-hybridized carbons (Fsp3) is 0.524. The molecule has 1 aromatic heterocycles. The molecule has 7 heteroatoms. The average molecular weight is 422 g/mol. The van der Waals surface area contributed by atoms with Gasteiger partial charge in [-0.15, -0.1) is 11.3 Å². The van der Waals surface area contributed by atoms with Crippen molar-refractivity contribution in [1.29, 1.82) is 0 Å². The van der Waals surface area contributed by atoms with E-state index in [1.807, 2.05) is 0 Å². The van der Waals surface area contributed by atoms with Crippen LogP contribution in [0.2, 0.25) is 5.02 Å². The number of fused-ring (bicyclic) bond motifs is 1. The van der Waals surface area contributed by atoms with Gasteiger partial charge in [-0.25, -0.2) is 9.18 Å². The van der Waals surface area contributed by atoms with Crippen LogP contribution in [0.5, 0.6) is 0 Å². The molecule has 4 bridgehead atoms. The fourth-order valence-corrected chi connectivity index (χ4v) is 7.39. The van der Waals surface area contributed by atoms with Crippen molar-refractivity contribution >= 4 is 44.9 Å². The summed E-state index contributed by atoms with van der Waals surface area (Å²) in [7, 11) is 0. The molecule has 4 nitrogen and oxygen atoms in total. The Bertz CT molecular complexity index is 937. The maximum absolute atomic E-state index is 13.4. The van der Waals surface area contributed by atoms with Crippen molar-refractivity contribution in [2.45, 2.75) is 44.1 Å². The molecule has 1 aromatic carbocycles.